The molecule has 0 N–H and O–H groups in total. The Kier molecular flexibility index (Phi) is 9.91. The van der Waals surface area contributed by atoms with E-state index in [1.807, 2.05) is 18.3 Å². The van der Waals surface area contributed by atoms with E-state index in [1.54, 1.807) is 0 Å². The van der Waals surface area contributed by atoms with Crippen molar-refractivity contribution in [3.8, 4) is 34.1 Å². The molecule has 0 aliphatic heterocycles. The van der Waals surface area contributed by atoms with Crippen molar-refractivity contribution in [2.45, 2.75) is 80.1 Å². The topological polar surface area (TPSA) is 44.9 Å². The fourth-order valence-electron chi connectivity index (χ4n) is 7.02. The molecule has 50 heavy (non-hydrogen) atoms. The van der Waals surface area contributed by atoms with Gasteiger partial charge in [0.05, 0.1) is 11.4 Å². The summed E-state index contributed by atoms with van der Waals surface area (Å²) < 4.78 is 11.0. The monoisotopic (exact) mass is 750 g/mol. The van der Waals surface area contributed by atoms with Gasteiger partial charge in [-0.15, -0.1) is 41.3 Å². The van der Waals surface area contributed by atoms with E-state index in [4.69, 9.17) is 14.8 Å². The summed E-state index contributed by atoms with van der Waals surface area (Å²) in [6, 6.07) is 34.8. The minimum Gasteiger partial charge on any atom is -0.509 e. The smallest absolute Gasteiger partial charge is 0.509 e. The van der Waals surface area contributed by atoms with Gasteiger partial charge in [0.1, 0.15) is 5.82 Å². The summed E-state index contributed by atoms with van der Waals surface area (Å²) in [6.07, 6.45) is 1.86. The predicted octanol–water partition coefficient (Wildman–Crippen LogP) is 11.7. The Labute approximate surface area is 310 Å². The molecule has 7 aromatic rings. The second-order valence-corrected chi connectivity index (χ2v) is 14.2. The molecule has 0 aliphatic rings. The van der Waals surface area contributed by atoms with Crippen molar-refractivity contribution in [1.29, 1.82) is 0 Å². The molecule has 0 aliphatic carbocycles. The van der Waals surface area contributed by atoms with E-state index in [0.717, 1.165) is 50.1 Å². The number of fused-ring (bicyclic) bond motifs is 3. The van der Waals surface area contributed by atoms with Crippen LogP contribution in [0.15, 0.2) is 85.1 Å². The predicted molar refractivity (Wildman–Crippen MR) is 202 cm³/mol. The van der Waals surface area contributed by atoms with Gasteiger partial charge in [-0.25, -0.2) is 4.98 Å². The van der Waals surface area contributed by atoms with Crippen molar-refractivity contribution < 1.29 is 25.2 Å². The first kappa shape index (κ1) is 35.3. The van der Waals surface area contributed by atoms with E-state index >= 15 is 0 Å². The Bertz CT molecular complexity index is 2320. The largest absolute Gasteiger partial charge is 2.00 e. The first-order chi connectivity index (χ1) is 23.5. The fraction of sp³-hybridized carbons (Fsp3) is 0.273. The van der Waals surface area contributed by atoms with Gasteiger partial charge in [0, 0.05) is 28.8 Å². The van der Waals surface area contributed by atoms with E-state index in [-0.39, 0.29) is 38.2 Å². The summed E-state index contributed by atoms with van der Waals surface area (Å²) in [4.78, 5) is 4.73. The van der Waals surface area contributed by atoms with Gasteiger partial charge in [-0.05, 0) is 90.1 Å². The minimum absolute atomic E-state index is 0. The van der Waals surface area contributed by atoms with Crippen LogP contribution in [-0.2, 0) is 20.4 Å². The molecule has 7 rings (SSSR count). The number of hydrogen-bond donors (Lipinski definition) is 0. The molecular weight excluding hydrogens is 707 g/mol. The van der Waals surface area contributed by atoms with E-state index in [0.29, 0.717) is 11.5 Å². The normalized spacial score (nSPS) is 11.7. The molecule has 0 bridgehead atoms. The molecule has 0 unspecified atom stereocenters. The number of rotatable bonds is 8. The van der Waals surface area contributed by atoms with Crippen LogP contribution >= 0.6 is 0 Å². The third-order valence-electron chi connectivity index (χ3n) is 9.43. The molecule has 3 heterocycles. The van der Waals surface area contributed by atoms with Crippen LogP contribution in [0.25, 0.3) is 44.4 Å². The second kappa shape index (κ2) is 14.0. The van der Waals surface area contributed by atoms with Gasteiger partial charge in [0.15, 0.2) is 0 Å². The van der Waals surface area contributed by atoms with Crippen molar-refractivity contribution >= 4 is 21.8 Å². The molecule has 0 radical (unpaired) electrons. The van der Waals surface area contributed by atoms with Crippen LogP contribution in [0, 0.1) is 32.9 Å². The zero-order valence-corrected chi connectivity index (χ0v) is 31.9. The molecule has 0 amide bonds. The first-order valence-corrected chi connectivity index (χ1v) is 17.3. The third kappa shape index (κ3) is 6.32. The Morgan fingerprint density at radius 1 is 0.680 bits per heavy atom. The number of nitrogens with zero attached hydrogens (tertiary/aromatic N) is 4. The summed E-state index contributed by atoms with van der Waals surface area (Å²) in [5.74, 6) is 2.86. The zero-order valence-electron chi connectivity index (χ0n) is 30.3. The third-order valence-corrected chi connectivity index (χ3v) is 9.43. The van der Waals surface area contributed by atoms with Crippen LogP contribution in [0.2, 0.25) is 0 Å². The fourth-order valence-corrected chi connectivity index (χ4v) is 7.02. The van der Waals surface area contributed by atoms with E-state index in [1.165, 1.54) is 27.9 Å². The maximum atomic E-state index is 6.67. The van der Waals surface area contributed by atoms with Crippen LogP contribution < -0.4 is 4.74 Å². The molecule has 256 valence electrons. The summed E-state index contributed by atoms with van der Waals surface area (Å²) in [7, 11) is 0. The standard InChI is InChI=1S/C44H44N4O.Pd/c1-26(2)32-22-33(48-44(28(5)6)42(43(46-48)27(3)4)41-30(8)13-12-14-31(41)9)24-35(23-32)49-34-17-18-37-36-15-10-11-16-38(36)47(39(37)25-34)40-21-29(7)19-20-45-40;/h10-23,26-28H,1-9H3;/q-2;+2. The molecular formula is C44H44N4OPd. The molecule has 3 aromatic heterocycles. The number of aromatic nitrogens is 4. The maximum absolute atomic E-state index is 6.67. The van der Waals surface area contributed by atoms with Crippen molar-refractivity contribution in [2.24, 2.45) is 0 Å². The number of ether oxygens (including phenoxy) is 1. The molecule has 0 atom stereocenters. The number of pyridine rings is 1. The summed E-state index contributed by atoms with van der Waals surface area (Å²) in [5.41, 5.74) is 12.5. The van der Waals surface area contributed by atoms with Crippen LogP contribution in [0.4, 0.5) is 0 Å². The van der Waals surface area contributed by atoms with E-state index in [2.05, 4.69) is 150 Å². The quantitative estimate of drug-likeness (QED) is 0.115. The second-order valence-electron chi connectivity index (χ2n) is 14.2. The zero-order chi connectivity index (χ0) is 34.6. The Hall–Kier alpha value is -4.50. The van der Waals surface area contributed by atoms with Gasteiger partial charge in [-0.1, -0.05) is 83.5 Å². The molecule has 6 heteroatoms. The average Bonchev–Trinajstić information content (AvgIpc) is 3.61. The van der Waals surface area contributed by atoms with Crippen molar-refractivity contribution in [3.63, 3.8) is 0 Å². The minimum atomic E-state index is 0. The average molecular weight is 751 g/mol. The van der Waals surface area contributed by atoms with Gasteiger partial charge in [0.2, 0.25) is 0 Å². The molecule has 0 saturated carbocycles. The molecule has 5 nitrogen and oxygen atoms in total. The van der Waals surface area contributed by atoms with Crippen molar-refractivity contribution in [2.75, 3.05) is 0 Å². The van der Waals surface area contributed by atoms with E-state index < -0.39 is 0 Å². The number of para-hydroxylation sites is 1. The van der Waals surface area contributed by atoms with Gasteiger partial charge >= 0.3 is 20.4 Å². The molecule has 0 fully saturated rings. The Morgan fingerprint density at radius 2 is 1.42 bits per heavy atom. The first-order valence-electron chi connectivity index (χ1n) is 17.3. The number of hydrogen-bond acceptors (Lipinski definition) is 3. The SMILES string of the molecule is Cc1ccnc(-n2c3[c-]c(Oc4[c-]c(-n5nc(C(C)C)c(-c6c(C)cccc6C)c5C(C)C)cc(C(C)C)c4)ccc3c3ccccc32)c1.[Pd+2]. The number of aryl methyl sites for hydroxylation is 3. The molecule has 4 aromatic carbocycles. The van der Waals surface area contributed by atoms with Crippen LogP contribution in [0.1, 0.15) is 92.9 Å². The van der Waals surface area contributed by atoms with Gasteiger partial charge in [-0.3, -0.25) is 4.68 Å². The van der Waals surface area contributed by atoms with Crippen molar-refractivity contribution in [1.82, 2.24) is 19.3 Å². The van der Waals surface area contributed by atoms with Crippen LogP contribution in [-0.4, -0.2) is 19.3 Å². The van der Waals surface area contributed by atoms with Crippen LogP contribution in [0.3, 0.4) is 0 Å². The Morgan fingerprint density at radius 3 is 2.10 bits per heavy atom. The molecule has 0 spiro atoms. The summed E-state index contributed by atoms with van der Waals surface area (Å²) in [5, 5.41) is 7.59. The number of benzene rings is 4. The molecule has 0 saturated heterocycles. The van der Waals surface area contributed by atoms with Gasteiger partial charge in [-0.2, -0.15) is 11.2 Å². The van der Waals surface area contributed by atoms with E-state index in [9.17, 15) is 0 Å². The van der Waals surface area contributed by atoms with Gasteiger partial charge < -0.3 is 9.30 Å². The van der Waals surface area contributed by atoms with Crippen LogP contribution in [0.5, 0.6) is 11.5 Å². The summed E-state index contributed by atoms with van der Waals surface area (Å²) >= 11 is 0. The Balaban J connectivity index is 0.00000432. The van der Waals surface area contributed by atoms with Crippen molar-refractivity contribution in [3.05, 3.63) is 131 Å². The van der Waals surface area contributed by atoms with Gasteiger partial charge in [0.25, 0.3) is 0 Å². The summed E-state index contributed by atoms with van der Waals surface area (Å²) in [6.45, 7) is 19.9. The maximum Gasteiger partial charge on any atom is 2.00 e.